The van der Waals surface area contributed by atoms with Crippen molar-refractivity contribution in [1.29, 1.82) is 0 Å². The first-order valence-corrected chi connectivity index (χ1v) is 10.7. The van der Waals surface area contributed by atoms with E-state index in [-0.39, 0.29) is 12.5 Å². The van der Waals surface area contributed by atoms with E-state index in [1.54, 1.807) is 23.1 Å². The summed E-state index contributed by atoms with van der Waals surface area (Å²) in [6.45, 7) is 0.773. The summed E-state index contributed by atoms with van der Waals surface area (Å²) in [7, 11) is 0. The fourth-order valence-electron chi connectivity index (χ4n) is 4.40. The van der Waals surface area contributed by atoms with Gasteiger partial charge in [-0.2, -0.15) is 0 Å². The number of hydrogen-bond donors (Lipinski definition) is 1. The van der Waals surface area contributed by atoms with Crippen LogP contribution in [0.4, 0.5) is 0 Å². The molecule has 2 aliphatic heterocycles. The number of fused-ring (bicyclic) bond motifs is 1. The average Bonchev–Trinajstić information content (AvgIpc) is 3.25. The van der Waals surface area contributed by atoms with Crippen molar-refractivity contribution in [2.45, 2.75) is 18.6 Å². The van der Waals surface area contributed by atoms with Gasteiger partial charge >= 0.3 is 11.8 Å². The van der Waals surface area contributed by atoms with E-state index >= 15 is 0 Å². The lowest BCUT2D eigenvalue weighted by Gasteiger charge is -2.30. The third-order valence-corrected chi connectivity index (χ3v) is 6.06. The lowest BCUT2D eigenvalue weighted by Crippen LogP contribution is -2.42. The topological polar surface area (TPSA) is 76.1 Å². The molecular formula is C26H23NO5. The maximum Gasteiger partial charge on any atom is 0.308 e. The third kappa shape index (κ3) is 3.47. The molecule has 5 rings (SSSR count). The molecule has 162 valence electrons. The van der Waals surface area contributed by atoms with E-state index < -0.39 is 17.7 Å². The molecule has 0 radical (unpaired) electrons. The predicted octanol–water partition coefficient (Wildman–Crippen LogP) is 4.30. The molecule has 32 heavy (non-hydrogen) atoms. The van der Waals surface area contributed by atoms with E-state index in [4.69, 9.17) is 9.47 Å². The number of benzene rings is 3. The van der Waals surface area contributed by atoms with Crippen LogP contribution in [-0.4, -0.2) is 35.0 Å². The van der Waals surface area contributed by atoms with Crippen LogP contribution in [0, 0.1) is 5.92 Å². The number of carbonyl (C=O) groups is 2. The van der Waals surface area contributed by atoms with Gasteiger partial charge in [-0.25, -0.2) is 0 Å². The van der Waals surface area contributed by atoms with Gasteiger partial charge in [-0.1, -0.05) is 60.7 Å². The number of carboxylic acids is 1. The molecule has 0 aliphatic carbocycles. The third-order valence-electron chi connectivity index (χ3n) is 6.06. The largest absolute Gasteiger partial charge is 0.481 e. The molecule has 3 aromatic carbocycles. The van der Waals surface area contributed by atoms with Crippen molar-refractivity contribution in [3.05, 3.63) is 95.6 Å². The summed E-state index contributed by atoms with van der Waals surface area (Å²) in [5, 5.41) is 9.33. The van der Waals surface area contributed by atoms with Crippen molar-refractivity contribution in [3.8, 4) is 11.5 Å². The number of hydrogen-bond acceptors (Lipinski definition) is 4. The average molecular weight is 429 g/mol. The minimum atomic E-state index is -1.15. The Morgan fingerprint density at radius 2 is 1.50 bits per heavy atom. The zero-order chi connectivity index (χ0) is 22.1. The highest BCUT2D eigenvalue weighted by atomic mass is 16.7. The molecule has 0 aromatic heterocycles. The molecular weight excluding hydrogens is 406 g/mol. The van der Waals surface area contributed by atoms with Crippen molar-refractivity contribution in [3.63, 3.8) is 0 Å². The van der Waals surface area contributed by atoms with Crippen LogP contribution in [-0.2, 0) is 10.6 Å². The lowest BCUT2D eigenvalue weighted by atomic mass is 9.97. The molecule has 6 nitrogen and oxygen atoms in total. The van der Waals surface area contributed by atoms with Gasteiger partial charge in [0.2, 0.25) is 0 Å². The maximum atomic E-state index is 13.1. The molecule has 2 heterocycles. The number of nitrogens with zero attached hydrogens (tertiary/aromatic N) is 1. The number of ether oxygens (including phenoxy) is 2. The molecule has 3 aromatic rings. The summed E-state index contributed by atoms with van der Waals surface area (Å²) in [5.74, 6) is -1.69. The Hall–Kier alpha value is -3.80. The van der Waals surface area contributed by atoms with Gasteiger partial charge in [-0.05, 0) is 31.0 Å². The molecule has 2 aliphatic rings. The van der Waals surface area contributed by atoms with E-state index in [9.17, 15) is 14.7 Å². The number of carbonyl (C=O) groups excluding carboxylic acids is 1. The molecule has 1 amide bonds. The summed E-state index contributed by atoms with van der Waals surface area (Å²) < 4.78 is 12.8. The van der Waals surface area contributed by atoms with Crippen LogP contribution in [0.25, 0.3) is 0 Å². The SMILES string of the molecule is O=C(O)C1CCCN(C(=O)c2ccc3c(c2)OC(c2ccccc2)(c2ccccc2)O3)C1. The monoisotopic (exact) mass is 429 g/mol. The van der Waals surface area contributed by atoms with Crippen molar-refractivity contribution in [2.24, 2.45) is 5.92 Å². The van der Waals surface area contributed by atoms with Crippen molar-refractivity contribution in [2.75, 3.05) is 13.1 Å². The van der Waals surface area contributed by atoms with Gasteiger partial charge in [0, 0.05) is 29.8 Å². The zero-order valence-electron chi connectivity index (χ0n) is 17.4. The zero-order valence-corrected chi connectivity index (χ0v) is 17.4. The summed E-state index contributed by atoms with van der Waals surface area (Å²) >= 11 is 0. The van der Waals surface area contributed by atoms with E-state index in [2.05, 4.69) is 0 Å². The first-order chi connectivity index (χ1) is 15.6. The van der Waals surface area contributed by atoms with Gasteiger partial charge in [0.15, 0.2) is 11.5 Å². The number of rotatable bonds is 4. The molecule has 1 atom stereocenters. The van der Waals surface area contributed by atoms with Gasteiger partial charge in [0.05, 0.1) is 5.92 Å². The Morgan fingerprint density at radius 1 is 0.875 bits per heavy atom. The molecule has 1 fully saturated rings. The van der Waals surface area contributed by atoms with Gasteiger partial charge in [-0.3, -0.25) is 9.59 Å². The van der Waals surface area contributed by atoms with Crippen LogP contribution < -0.4 is 9.47 Å². The number of piperidine rings is 1. The number of amides is 1. The standard InChI is InChI=1S/C26H23NO5/c28-24(27-15-7-8-19(17-27)25(29)30)18-13-14-22-23(16-18)32-26(31-22,20-9-3-1-4-10-20)21-11-5-2-6-12-21/h1-6,9-14,16,19H,7-8,15,17H2,(H,29,30). The van der Waals surface area contributed by atoms with E-state index in [0.29, 0.717) is 36.4 Å². The van der Waals surface area contributed by atoms with Crippen molar-refractivity contribution in [1.82, 2.24) is 4.90 Å². The molecule has 1 N–H and O–H groups in total. The Balaban J connectivity index is 1.47. The van der Waals surface area contributed by atoms with Crippen molar-refractivity contribution >= 4 is 11.9 Å². The Kier molecular flexibility index (Phi) is 5.05. The summed E-state index contributed by atoms with van der Waals surface area (Å²) in [6.07, 6.45) is 1.27. The smallest absolute Gasteiger partial charge is 0.308 e. The first-order valence-electron chi connectivity index (χ1n) is 10.7. The summed E-state index contributed by atoms with van der Waals surface area (Å²) in [4.78, 5) is 26.1. The van der Waals surface area contributed by atoms with Crippen LogP contribution in [0.5, 0.6) is 11.5 Å². The van der Waals surface area contributed by atoms with Gasteiger partial charge in [0.25, 0.3) is 5.91 Å². The Morgan fingerprint density at radius 3 is 2.12 bits per heavy atom. The predicted molar refractivity (Wildman–Crippen MR) is 118 cm³/mol. The highest BCUT2D eigenvalue weighted by Crippen LogP contribution is 2.48. The second-order valence-corrected chi connectivity index (χ2v) is 8.14. The van der Waals surface area contributed by atoms with E-state index in [0.717, 1.165) is 11.1 Å². The number of aliphatic carboxylic acids is 1. The fourth-order valence-corrected chi connectivity index (χ4v) is 4.40. The number of likely N-dealkylation sites (tertiary alicyclic amines) is 1. The second kappa shape index (κ2) is 8.04. The lowest BCUT2D eigenvalue weighted by molar-refractivity contribution is -0.143. The molecule has 6 heteroatoms. The Labute approximate surface area is 186 Å². The fraction of sp³-hybridized carbons (Fsp3) is 0.231. The van der Waals surface area contributed by atoms with Crippen LogP contribution >= 0.6 is 0 Å². The van der Waals surface area contributed by atoms with E-state index in [1.807, 2.05) is 60.7 Å². The van der Waals surface area contributed by atoms with Crippen LogP contribution in [0.15, 0.2) is 78.9 Å². The number of carboxylic acid groups (broad SMARTS) is 1. The molecule has 0 saturated carbocycles. The highest BCUT2D eigenvalue weighted by molar-refractivity contribution is 5.95. The van der Waals surface area contributed by atoms with Gasteiger partial charge in [0.1, 0.15) is 0 Å². The minimum absolute atomic E-state index is 0.195. The molecule has 0 spiro atoms. The summed E-state index contributed by atoms with van der Waals surface area (Å²) in [6, 6.07) is 24.5. The van der Waals surface area contributed by atoms with Crippen LogP contribution in [0.1, 0.15) is 34.3 Å². The van der Waals surface area contributed by atoms with Crippen LogP contribution in [0.2, 0.25) is 0 Å². The Bertz CT molecular complexity index is 1110. The van der Waals surface area contributed by atoms with E-state index in [1.165, 1.54) is 0 Å². The molecule has 1 saturated heterocycles. The highest BCUT2D eigenvalue weighted by Gasteiger charge is 2.45. The van der Waals surface area contributed by atoms with Crippen molar-refractivity contribution < 1.29 is 24.2 Å². The maximum absolute atomic E-state index is 13.1. The van der Waals surface area contributed by atoms with Gasteiger partial charge in [-0.15, -0.1) is 0 Å². The second-order valence-electron chi connectivity index (χ2n) is 8.14. The minimum Gasteiger partial charge on any atom is -0.481 e. The quantitative estimate of drug-likeness (QED) is 0.669. The molecule has 1 unspecified atom stereocenters. The van der Waals surface area contributed by atoms with Crippen LogP contribution in [0.3, 0.4) is 0 Å². The summed E-state index contributed by atoms with van der Waals surface area (Å²) in [5.41, 5.74) is 2.14. The first kappa shape index (κ1) is 20.1. The van der Waals surface area contributed by atoms with Gasteiger partial charge < -0.3 is 19.5 Å². The normalized spacial score (nSPS) is 18.9. The molecule has 0 bridgehead atoms.